The van der Waals surface area contributed by atoms with E-state index in [-0.39, 0.29) is 18.3 Å². The maximum Gasteiger partial charge on any atom is 0.243 e. The largest absolute Gasteiger partial charge is 0.356 e. The summed E-state index contributed by atoms with van der Waals surface area (Å²) in [7, 11) is 3.36. The second-order valence-electron chi connectivity index (χ2n) is 4.89. The third kappa shape index (κ3) is 6.39. The highest BCUT2D eigenvalue weighted by molar-refractivity contribution is 5.84. The average molecular weight is 306 g/mol. The van der Waals surface area contributed by atoms with Crippen LogP contribution in [0.4, 0.5) is 4.39 Å². The molecule has 2 N–H and O–H groups in total. The van der Waals surface area contributed by atoms with Gasteiger partial charge in [0.05, 0.1) is 0 Å². The van der Waals surface area contributed by atoms with Crippen molar-refractivity contribution in [3.05, 3.63) is 48.3 Å². The Hall–Kier alpha value is -2.37. The monoisotopic (exact) mass is 306 g/mol. The smallest absolute Gasteiger partial charge is 0.243 e. The van der Waals surface area contributed by atoms with Crippen LogP contribution in [-0.2, 0) is 11.2 Å². The molecule has 1 aromatic carbocycles. The minimum Gasteiger partial charge on any atom is -0.356 e. The van der Waals surface area contributed by atoms with Gasteiger partial charge in [0.25, 0.3) is 0 Å². The maximum atomic E-state index is 13.5. The number of carbonyl (C=O) groups excluding carboxylic acids is 1. The van der Waals surface area contributed by atoms with E-state index < -0.39 is 0 Å². The van der Waals surface area contributed by atoms with Gasteiger partial charge >= 0.3 is 0 Å². The van der Waals surface area contributed by atoms with Crippen molar-refractivity contribution in [2.75, 3.05) is 33.7 Å². The third-order valence-corrected chi connectivity index (χ3v) is 2.93. The molecule has 0 aliphatic heterocycles. The number of hydrogen-bond donors (Lipinski definition) is 2. The van der Waals surface area contributed by atoms with E-state index in [0.29, 0.717) is 31.0 Å². The molecule has 5 nitrogen and oxygen atoms in total. The Balaban J connectivity index is 2.54. The van der Waals surface area contributed by atoms with Crippen molar-refractivity contribution in [3.63, 3.8) is 0 Å². The van der Waals surface area contributed by atoms with Gasteiger partial charge in [0.1, 0.15) is 12.4 Å². The van der Waals surface area contributed by atoms with Crippen molar-refractivity contribution in [1.82, 2.24) is 15.5 Å². The van der Waals surface area contributed by atoms with Crippen LogP contribution in [0.2, 0.25) is 0 Å². The number of halogens is 1. The van der Waals surface area contributed by atoms with Crippen LogP contribution >= 0.6 is 0 Å². The van der Waals surface area contributed by atoms with Crippen molar-refractivity contribution >= 4 is 11.9 Å². The standard InChI is InChI=1S/C16H23FN4O/c1-4-10-18-16(20-12-15(22)21(2)3)19-11-9-13-7-5-6-8-14(13)17/h4-8H,1,9-12H2,2-3H3,(H2,18,19,20). The second-order valence-corrected chi connectivity index (χ2v) is 4.89. The summed E-state index contributed by atoms with van der Waals surface area (Å²) in [5.41, 5.74) is 0.641. The fourth-order valence-electron chi connectivity index (χ4n) is 1.65. The molecule has 120 valence electrons. The Morgan fingerprint density at radius 2 is 2.09 bits per heavy atom. The molecule has 22 heavy (non-hydrogen) atoms. The summed E-state index contributed by atoms with van der Waals surface area (Å²) in [6.07, 6.45) is 2.23. The SMILES string of the molecule is C=CCNC(=NCC(=O)N(C)C)NCCc1ccccc1F. The molecule has 0 saturated heterocycles. The van der Waals surface area contributed by atoms with Crippen molar-refractivity contribution in [3.8, 4) is 0 Å². The molecule has 0 heterocycles. The molecule has 0 aromatic heterocycles. The molecule has 6 heteroatoms. The van der Waals surface area contributed by atoms with Crippen molar-refractivity contribution in [2.24, 2.45) is 4.99 Å². The van der Waals surface area contributed by atoms with E-state index in [1.807, 2.05) is 0 Å². The molecule has 0 bridgehead atoms. The molecule has 0 atom stereocenters. The molecular formula is C16H23FN4O. The number of carbonyl (C=O) groups is 1. The first-order valence-electron chi connectivity index (χ1n) is 7.11. The summed E-state index contributed by atoms with van der Waals surface area (Å²) in [4.78, 5) is 17.2. The minimum absolute atomic E-state index is 0.0547. The molecule has 0 radical (unpaired) electrons. The van der Waals surface area contributed by atoms with Crippen LogP contribution in [0.1, 0.15) is 5.56 Å². The summed E-state index contributed by atoms with van der Waals surface area (Å²) in [6.45, 7) is 4.72. The van der Waals surface area contributed by atoms with Gasteiger partial charge in [-0.15, -0.1) is 6.58 Å². The first kappa shape index (κ1) is 17.7. The Labute approximate surface area is 130 Å². The van der Waals surface area contributed by atoms with E-state index in [2.05, 4.69) is 22.2 Å². The lowest BCUT2D eigenvalue weighted by Crippen LogP contribution is -2.39. The van der Waals surface area contributed by atoms with Crippen molar-refractivity contribution in [1.29, 1.82) is 0 Å². The van der Waals surface area contributed by atoms with Gasteiger partial charge in [0.2, 0.25) is 5.91 Å². The number of likely N-dealkylation sites (N-methyl/N-ethyl adjacent to an activating group) is 1. The predicted octanol–water partition coefficient (Wildman–Crippen LogP) is 1.18. The summed E-state index contributed by atoms with van der Waals surface area (Å²) < 4.78 is 13.5. The number of nitrogens with zero attached hydrogens (tertiary/aromatic N) is 2. The summed E-state index contributed by atoms with van der Waals surface area (Å²) in [6, 6.07) is 6.66. The number of rotatable bonds is 7. The predicted molar refractivity (Wildman–Crippen MR) is 87.3 cm³/mol. The van der Waals surface area contributed by atoms with Gasteiger partial charge in [-0.2, -0.15) is 0 Å². The lowest BCUT2D eigenvalue weighted by atomic mass is 10.1. The highest BCUT2D eigenvalue weighted by Gasteiger charge is 2.05. The van der Waals surface area contributed by atoms with E-state index in [1.54, 1.807) is 38.4 Å². The molecule has 0 unspecified atom stereocenters. The maximum absolute atomic E-state index is 13.5. The molecule has 1 amide bonds. The van der Waals surface area contributed by atoms with Crippen LogP contribution in [0.3, 0.4) is 0 Å². The third-order valence-electron chi connectivity index (χ3n) is 2.93. The van der Waals surface area contributed by atoms with Gasteiger partial charge in [-0.1, -0.05) is 24.3 Å². The zero-order valence-corrected chi connectivity index (χ0v) is 13.1. The van der Waals surface area contributed by atoms with E-state index in [9.17, 15) is 9.18 Å². The molecule has 1 rings (SSSR count). The van der Waals surface area contributed by atoms with E-state index in [0.717, 1.165) is 0 Å². The average Bonchev–Trinajstić information content (AvgIpc) is 2.50. The minimum atomic E-state index is -0.218. The molecule has 0 spiro atoms. The van der Waals surface area contributed by atoms with Crippen LogP contribution in [-0.4, -0.2) is 50.5 Å². The van der Waals surface area contributed by atoms with Gasteiger partial charge in [0.15, 0.2) is 5.96 Å². The summed E-state index contributed by atoms with van der Waals surface area (Å²) >= 11 is 0. The van der Waals surface area contributed by atoms with Gasteiger partial charge in [-0.25, -0.2) is 9.38 Å². The Morgan fingerprint density at radius 3 is 2.73 bits per heavy atom. The Kier molecular flexibility index (Phi) is 7.67. The zero-order valence-electron chi connectivity index (χ0n) is 13.1. The first-order valence-corrected chi connectivity index (χ1v) is 7.11. The number of aliphatic imine (C=N–C) groups is 1. The Morgan fingerprint density at radius 1 is 1.36 bits per heavy atom. The highest BCUT2D eigenvalue weighted by atomic mass is 19.1. The quantitative estimate of drug-likeness (QED) is 0.452. The van der Waals surface area contributed by atoms with Crippen LogP contribution in [0.5, 0.6) is 0 Å². The number of nitrogens with one attached hydrogen (secondary N) is 2. The van der Waals surface area contributed by atoms with Crippen molar-refractivity contribution < 1.29 is 9.18 Å². The molecule has 0 fully saturated rings. The fraction of sp³-hybridized carbons (Fsp3) is 0.375. The number of amides is 1. The van der Waals surface area contributed by atoms with Crippen molar-refractivity contribution in [2.45, 2.75) is 6.42 Å². The van der Waals surface area contributed by atoms with Crippen LogP contribution < -0.4 is 10.6 Å². The topological polar surface area (TPSA) is 56.7 Å². The fourth-order valence-corrected chi connectivity index (χ4v) is 1.65. The van der Waals surface area contributed by atoms with E-state index >= 15 is 0 Å². The molecular weight excluding hydrogens is 283 g/mol. The van der Waals surface area contributed by atoms with E-state index in [4.69, 9.17) is 0 Å². The number of benzene rings is 1. The lowest BCUT2D eigenvalue weighted by molar-refractivity contribution is -0.127. The molecule has 0 saturated carbocycles. The summed E-state index contributed by atoms with van der Waals surface area (Å²) in [5, 5.41) is 6.10. The normalized spacial score (nSPS) is 11.0. The second kappa shape index (κ2) is 9.55. The lowest BCUT2D eigenvalue weighted by Gasteiger charge is -2.13. The van der Waals surface area contributed by atoms with Gasteiger partial charge in [0, 0.05) is 27.2 Å². The van der Waals surface area contributed by atoms with Gasteiger partial charge in [-0.05, 0) is 18.1 Å². The summed E-state index contributed by atoms with van der Waals surface area (Å²) in [5.74, 6) is 0.199. The van der Waals surface area contributed by atoms with Crippen LogP contribution in [0.25, 0.3) is 0 Å². The van der Waals surface area contributed by atoms with Crippen LogP contribution in [0, 0.1) is 5.82 Å². The van der Waals surface area contributed by atoms with Crippen LogP contribution in [0.15, 0.2) is 41.9 Å². The Bertz CT molecular complexity index is 529. The number of guanidine groups is 1. The molecule has 0 aliphatic rings. The first-order chi connectivity index (χ1) is 10.5. The molecule has 1 aromatic rings. The highest BCUT2D eigenvalue weighted by Crippen LogP contribution is 2.05. The number of hydrogen-bond acceptors (Lipinski definition) is 2. The molecule has 0 aliphatic carbocycles. The van der Waals surface area contributed by atoms with Gasteiger partial charge < -0.3 is 15.5 Å². The van der Waals surface area contributed by atoms with Gasteiger partial charge in [-0.3, -0.25) is 4.79 Å². The van der Waals surface area contributed by atoms with E-state index in [1.165, 1.54) is 11.0 Å². The zero-order chi connectivity index (χ0) is 16.4.